The van der Waals surface area contributed by atoms with Crippen molar-refractivity contribution in [3.8, 4) is 0 Å². The van der Waals surface area contributed by atoms with E-state index in [1.165, 1.54) is 25.1 Å². The Morgan fingerprint density at radius 2 is 2.00 bits per heavy atom. The van der Waals surface area contributed by atoms with Crippen molar-refractivity contribution in [2.24, 2.45) is 5.73 Å². The minimum Gasteiger partial charge on any atom is -0.480 e. The summed E-state index contributed by atoms with van der Waals surface area (Å²) in [5.74, 6) is -3.43. The zero-order valence-electron chi connectivity index (χ0n) is 8.87. The van der Waals surface area contributed by atoms with Gasteiger partial charge in [0, 0.05) is 14.1 Å². The van der Waals surface area contributed by atoms with E-state index in [0.29, 0.717) is 0 Å². The molecule has 0 aliphatic carbocycles. The van der Waals surface area contributed by atoms with E-state index in [9.17, 15) is 13.6 Å². The van der Waals surface area contributed by atoms with Crippen LogP contribution in [0.25, 0.3) is 0 Å². The van der Waals surface area contributed by atoms with Crippen LogP contribution in [-0.4, -0.2) is 25.2 Å². The maximum Gasteiger partial charge on any atom is 0.325 e. The minimum absolute atomic E-state index is 0.0232. The van der Waals surface area contributed by atoms with Crippen molar-refractivity contribution in [3.63, 3.8) is 0 Å². The van der Waals surface area contributed by atoms with Gasteiger partial charge in [-0.1, -0.05) is 0 Å². The zero-order chi connectivity index (χ0) is 12.5. The molecule has 1 aromatic rings. The van der Waals surface area contributed by atoms with Gasteiger partial charge in [-0.15, -0.1) is 0 Å². The van der Waals surface area contributed by atoms with Gasteiger partial charge in [-0.2, -0.15) is 0 Å². The van der Waals surface area contributed by atoms with Crippen LogP contribution in [0.3, 0.4) is 0 Å². The van der Waals surface area contributed by atoms with Gasteiger partial charge in [0.1, 0.15) is 6.04 Å². The van der Waals surface area contributed by atoms with E-state index in [-0.39, 0.29) is 11.3 Å². The van der Waals surface area contributed by atoms with E-state index in [4.69, 9.17) is 10.8 Å². The third-order valence-corrected chi connectivity index (χ3v) is 2.14. The number of rotatable bonds is 3. The normalized spacial score (nSPS) is 12.3. The zero-order valence-corrected chi connectivity index (χ0v) is 8.87. The Hall–Kier alpha value is -1.69. The maximum atomic E-state index is 13.3. The number of carbonyl (C=O) groups is 1. The van der Waals surface area contributed by atoms with Crippen molar-refractivity contribution in [3.05, 3.63) is 29.3 Å². The molecule has 1 atom stereocenters. The summed E-state index contributed by atoms with van der Waals surface area (Å²) in [6.45, 7) is 0. The highest BCUT2D eigenvalue weighted by Crippen LogP contribution is 2.24. The second kappa shape index (κ2) is 4.44. The molecular weight excluding hydrogens is 218 g/mol. The molecular formula is C10H12F2N2O2. The summed E-state index contributed by atoms with van der Waals surface area (Å²) in [7, 11) is 3.04. The molecule has 1 aromatic carbocycles. The van der Waals surface area contributed by atoms with Gasteiger partial charge < -0.3 is 15.7 Å². The fourth-order valence-electron chi connectivity index (χ4n) is 1.24. The van der Waals surface area contributed by atoms with Crippen LogP contribution in [0.4, 0.5) is 14.5 Å². The van der Waals surface area contributed by atoms with Gasteiger partial charge >= 0.3 is 5.97 Å². The molecule has 0 fully saturated rings. The molecule has 0 amide bonds. The number of carboxylic acid groups (broad SMARTS) is 1. The first kappa shape index (κ1) is 12.4. The number of aliphatic carboxylic acids is 1. The first-order valence-corrected chi connectivity index (χ1v) is 4.49. The van der Waals surface area contributed by atoms with Gasteiger partial charge in [0.2, 0.25) is 0 Å². The first-order chi connectivity index (χ1) is 7.34. The molecule has 0 saturated heterocycles. The number of hydrogen-bond donors (Lipinski definition) is 2. The van der Waals surface area contributed by atoms with E-state index >= 15 is 0 Å². The van der Waals surface area contributed by atoms with Crippen LogP contribution < -0.4 is 10.6 Å². The summed E-state index contributed by atoms with van der Waals surface area (Å²) in [5.41, 5.74) is 5.31. The van der Waals surface area contributed by atoms with E-state index in [2.05, 4.69) is 0 Å². The summed E-state index contributed by atoms with van der Waals surface area (Å²) < 4.78 is 26.5. The molecule has 88 valence electrons. The molecule has 0 spiro atoms. The highest BCUT2D eigenvalue weighted by atomic mass is 19.2. The topological polar surface area (TPSA) is 66.6 Å². The van der Waals surface area contributed by atoms with Crippen LogP contribution >= 0.6 is 0 Å². The average Bonchev–Trinajstić information content (AvgIpc) is 2.20. The van der Waals surface area contributed by atoms with Gasteiger partial charge in [-0.05, 0) is 17.7 Å². The fraction of sp³-hybridized carbons (Fsp3) is 0.300. The third kappa shape index (κ3) is 2.27. The van der Waals surface area contributed by atoms with Crippen molar-refractivity contribution in [2.75, 3.05) is 19.0 Å². The Labute approximate surface area is 91.3 Å². The van der Waals surface area contributed by atoms with Gasteiger partial charge in [0.05, 0.1) is 5.69 Å². The van der Waals surface area contributed by atoms with Gasteiger partial charge in [0.15, 0.2) is 11.6 Å². The molecule has 4 nitrogen and oxygen atoms in total. The Morgan fingerprint density at radius 3 is 2.44 bits per heavy atom. The van der Waals surface area contributed by atoms with Gasteiger partial charge in [-0.25, -0.2) is 8.78 Å². The number of carboxylic acids is 1. The molecule has 0 aliphatic heterocycles. The molecule has 0 aromatic heterocycles. The number of benzene rings is 1. The Balaban J connectivity index is 3.29. The lowest BCUT2D eigenvalue weighted by atomic mass is 10.1. The summed E-state index contributed by atoms with van der Waals surface area (Å²) in [4.78, 5) is 12.0. The largest absolute Gasteiger partial charge is 0.480 e. The Bertz CT molecular complexity index is 422. The third-order valence-electron chi connectivity index (χ3n) is 2.14. The first-order valence-electron chi connectivity index (χ1n) is 4.49. The lowest BCUT2D eigenvalue weighted by molar-refractivity contribution is -0.138. The highest BCUT2D eigenvalue weighted by molar-refractivity contribution is 5.75. The van der Waals surface area contributed by atoms with Crippen LogP contribution in [0.5, 0.6) is 0 Å². The van der Waals surface area contributed by atoms with Crippen molar-refractivity contribution >= 4 is 11.7 Å². The fourth-order valence-corrected chi connectivity index (χ4v) is 1.24. The lowest BCUT2D eigenvalue weighted by Gasteiger charge is -2.16. The van der Waals surface area contributed by atoms with E-state index in [0.717, 1.165) is 6.07 Å². The molecule has 0 aliphatic rings. The highest BCUT2D eigenvalue weighted by Gasteiger charge is 2.19. The minimum atomic E-state index is -1.37. The van der Waals surface area contributed by atoms with Crippen molar-refractivity contribution < 1.29 is 18.7 Å². The summed E-state index contributed by atoms with van der Waals surface area (Å²) >= 11 is 0. The van der Waals surface area contributed by atoms with Crippen molar-refractivity contribution in [1.82, 2.24) is 0 Å². The molecule has 3 N–H and O–H groups in total. The molecule has 1 rings (SSSR count). The van der Waals surface area contributed by atoms with E-state index in [1.807, 2.05) is 0 Å². The Morgan fingerprint density at radius 1 is 1.44 bits per heavy atom. The van der Waals surface area contributed by atoms with E-state index in [1.54, 1.807) is 0 Å². The molecule has 16 heavy (non-hydrogen) atoms. The second-order valence-corrected chi connectivity index (χ2v) is 3.55. The van der Waals surface area contributed by atoms with Crippen LogP contribution in [0.1, 0.15) is 11.6 Å². The van der Waals surface area contributed by atoms with Crippen LogP contribution in [0, 0.1) is 11.6 Å². The standard InChI is InChI=1S/C10H12F2N2O2/c1-14(2)7-4-5(9(13)10(15)16)3-6(11)8(7)12/h3-4,9H,13H2,1-2H3,(H,15,16). The lowest BCUT2D eigenvalue weighted by Crippen LogP contribution is -2.22. The van der Waals surface area contributed by atoms with Crippen LogP contribution in [0.2, 0.25) is 0 Å². The number of halogens is 2. The second-order valence-electron chi connectivity index (χ2n) is 3.55. The van der Waals surface area contributed by atoms with E-state index < -0.39 is 23.6 Å². The predicted molar refractivity (Wildman–Crippen MR) is 55.2 cm³/mol. The molecule has 0 saturated carbocycles. The molecule has 0 heterocycles. The average molecular weight is 230 g/mol. The molecule has 0 radical (unpaired) electrons. The van der Waals surface area contributed by atoms with Crippen molar-refractivity contribution in [2.45, 2.75) is 6.04 Å². The molecule has 1 unspecified atom stereocenters. The van der Waals surface area contributed by atoms with Crippen LogP contribution in [-0.2, 0) is 4.79 Å². The predicted octanol–water partition coefficient (Wildman–Crippen LogP) is 1.12. The summed E-state index contributed by atoms with van der Waals surface area (Å²) in [5, 5.41) is 8.67. The van der Waals surface area contributed by atoms with Crippen LogP contribution in [0.15, 0.2) is 12.1 Å². The molecule has 6 heteroatoms. The smallest absolute Gasteiger partial charge is 0.325 e. The number of anilines is 1. The van der Waals surface area contributed by atoms with Crippen molar-refractivity contribution in [1.29, 1.82) is 0 Å². The SMILES string of the molecule is CN(C)c1cc(C(N)C(=O)O)cc(F)c1F. The quantitative estimate of drug-likeness (QED) is 0.816. The van der Waals surface area contributed by atoms with Gasteiger partial charge in [0.25, 0.3) is 0 Å². The number of nitrogens with zero attached hydrogens (tertiary/aromatic N) is 1. The summed E-state index contributed by atoms with van der Waals surface area (Å²) in [6, 6.07) is 0.645. The van der Waals surface area contributed by atoms with Gasteiger partial charge in [-0.3, -0.25) is 4.79 Å². The Kier molecular flexibility index (Phi) is 3.44. The number of nitrogens with two attached hydrogens (primary N) is 1. The monoisotopic (exact) mass is 230 g/mol. The number of hydrogen-bond acceptors (Lipinski definition) is 3. The molecule has 0 bridgehead atoms. The summed E-state index contributed by atoms with van der Waals surface area (Å²) in [6.07, 6.45) is 0. The maximum absolute atomic E-state index is 13.3.